The molecule has 0 saturated heterocycles. The van der Waals surface area contributed by atoms with Crippen LogP contribution in [0.25, 0.3) is 0 Å². The smallest absolute Gasteiger partial charge is 0.169 e. The van der Waals surface area contributed by atoms with Crippen LogP contribution < -0.4 is 10.1 Å². The van der Waals surface area contributed by atoms with Gasteiger partial charge >= 0.3 is 0 Å². The normalized spacial score (nSPS) is 12.5. The van der Waals surface area contributed by atoms with E-state index in [4.69, 9.17) is 20.8 Å². The minimum absolute atomic E-state index is 0.142. The molecule has 1 heterocycles. The van der Waals surface area contributed by atoms with Crippen LogP contribution in [-0.2, 0) is 0 Å². The van der Waals surface area contributed by atoms with Crippen LogP contribution in [0.15, 0.2) is 37.8 Å². The molecule has 1 unspecified atom stereocenters. The van der Waals surface area contributed by atoms with Gasteiger partial charge in [0.05, 0.1) is 17.6 Å². The summed E-state index contributed by atoms with van der Waals surface area (Å²) in [7, 11) is 3.48. The van der Waals surface area contributed by atoms with E-state index >= 15 is 0 Å². The highest BCUT2D eigenvalue weighted by atomic mass is 79.9. The van der Waals surface area contributed by atoms with Gasteiger partial charge < -0.3 is 14.5 Å². The third-order valence-electron chi connectivity index (χ3n) is 2.72. The fourth-order valence-corrected chi connectivity index (χ4v) is 3.26. The van der Waals surface area contributed by atoms with Gasteiger partial charge in [-0.05, 0) is 63.2 Å². The van der Waals surface area contributed by atoms with Crippen LogP contribution in [0, 0.1) is 0 Å². The Morgan fingerprint density at radius 2 is 2.05 bits per heavy atom. The highest BCUT2D eigenvalue weighted by Crippen LogP contribution is 2.38. The van der Waals surface area contributed by atoms with Crippen molar-refractivity contribution in [2.75, 3.05) is 14.2 Å². The first-order valence-electron chi connectivity index (χ1n) is 5.52. The largest absolute Gasteiger partial charge is 0.495 e. The van der Waals surface area contributed by atoms with Crippen LogP contribution in [0.2, 0.25) is 5.02 Å². The quantitative estimate of drug-likeness (QED) is 0.790. The molecule has 2 aromatic rings. The molecule has 0 radical (unpaired) electrons. The molecule has 2 rings (SSSR count). The summed E-state index contributed by atoms with van der Waals surface area (Å²) in [6.45, 7) is 0. The van der Waals surface area contributed by atoms with Crippen LogP contribution in [-0.4, -0.2) is 14.2 Å². The number of hydrogen-bond acceptors (Lipinski definition) is 3. The van der Waals surface area contributed by atoms with E-state index in [0.717, 1.165) is 21.5 Å². The van der Waals surface area contributed by atoms with E-state index in [2.05, 4.69) is 37.2 Å². The van der Waals surface area contributed by atoms with Gasteiger partial charge in [-0.1, -0.05) is 11.6 Å². The predicted octanol–water partition coefficient (Wildman–Crippen LogP) is 4.78. The van der Waals surface area contributed by atoms with Crippen LogP contribution in [0.5, 0.6) is 5.75 Å². The minimum atomic E-state index is -0.142. The second-order valence-corrected chi connectivity index (χ2v) is 5.95. The second kappa shape index (κ2) is 6.31. The molecule has 3 nitrogen and oxygen atoms in total. The first-order chi connectivity index (χ1) is 9.06. The summed E-state index contributed by atoms with van der Waals surface area (Å²) in [4.78, 5) is 0. The van der Waals surface area contributed by atoms with E-state index in [-0.39, 0.29) is 6.04 Å². The Morgan fingerprint density at radius 1 is 1.32 bits per heavy atom. The number of rotatable bonds is 4. The average molecular weight is 410 g/mol. The molecule has 102 valence electrons. The number of ether oxygens (including phenoxy) is 1. The summed E-state index contributed by atoms with van der Waals surface area (Å²) in [6, 6.07) is 7.28. The number of methoxy groups -OCH3 is 1. The predicted molar refractivity (Wildman–Crippen MR) is 83.0 cm³/mol. The highest BCUT2D eigenvalue weighted by Gasteiger charge is 2.22. The van der Waals surface area contributed by atoms with E-state index in [1.807, 2.05) is 25.2 Å². The Kier molecular flexibility index (Phi) is 4.95. The Hall–Kier alpha value is -0.490. The molecular weight excluding hydrogens is 397 g/mol. The van der Waals surface area contributed by atoms with E-state index < -0.39 is 0 Å². The zero-order chi connectivity index (χ0) is 14.0. The molecule has 0 bridgehead atoms. The van der Waals surface area contributed by atoms with Gasteiger partial charge in [-0.25, -0.2) is 0 Å². The van der Waals surface area contributed by atoms with Gasteiger partial charge in [0.25, 0.3) is 0 Å². The number of hydrogen-bond donors (Lipinski definition) is 1. The van der Waals surface area contributed by atoms with Crippen molar-refractivity contribution in [2.45, 2.75) is 6.04 Å². The number of furan rings is 1. The van der Waals surface area contributed by atoms with Gasteiger partial charge in [0.15, 0.2) is 4.67 Å². The van der Waals surface area contributed by atoms with Crippen LogP contribution in [0.1, 0.15) is 17.4 Å². The lowest BCUT2D eigenvalue weighted by molar-refractivity contribution is 0.392. The summed E-state index contributed by atoms with van der Waals surface area (Å²) in [5, 5.41) is 3.84. The molecule has 0 saturated carbocycles. The fourth-order valence-electron chi connectivity index (χ4n) is 1.94. The summed E-state index contributed by atoms with van der Waals surface area (Å²) in [5.41, 5.74) is 0.909. The molecule has 1 atom stereocenters. The average Bonchev–Trinajstić information content (AvgIpc) is 2.76. The van der Waals surface area contributed by atoms with E-state index in [0.29, 0.717) is 9.69 Å². The molecular formula is C13H12Br2ClNO2. The van der Waals surface area contributed by atoms with Gasteiger partial charge in [-0.3, -0.25) is 0 Å². The van der Waals surface area contributed by atoms with Gasteiger partial charge in [-0.2, -0.15) is 0 Å². The third kappa shape index (κ3) is 3.16. The lowest BCUT2D eigenvalue weighted by atomic mass is 10.0. The van der Waals surface area contributed by atoms with Gasteiger partial charge in [0, 0.05) is 10.6 Å². The monoisotopic (exact) mass is 407 g/mol. The molecule has 0 aliphatic carbocycles. The maximum atomic E-state index is 6.12. The molecule has 0 aliphatic rings. The Balaban J connectivity index is 2.54. The van der Waals surface area contributed by atoms with Crippen LogP contribution in [0.3, 0.4) is 0 Å². The Bertz CT molecular complexity index is 586. The molecule has 0 spiro atoms. The highest BCUT2D eigenvalue weighted by molar-refractivity contribution is 9.10. The zero-order valence-corrected chi connectivity index (χ0v) is 14.3. The summed E-state index contributed by atoms with van der Waals surface area (Å²) >= 11 is 12.9. The van der Waals surface area contributed by atoms with Crippen LogP contribution >= 0.6 is 43.5 Å². The van der Waals surface area contributed by atoms with Crippen molar-refractivity contribution in [1.82, 2.24) is 5.32 Å². The third-order valence-corrected chi connectivity index (χ3v) is 3.95. The van der Waals surface area contributed by atoms with Crippen molar-refractivity contribution in [3.05, 3.63) is 49.8 Å². The van der Waals surface area contributed by atoms with Crippen molar-refractivity contribution in [1.29, 1.82) is 0 Å². The van der Waals surface area contributed by atoms with Crippen molar-refractivity contribution in [3.63, 3.8) is 0 Å². The zero-order valence-electron chi connectivity index (χ0n) is 10.3. The molecule has 19 heavy (non-hydrogen) atoms. The molecule has 0 aliphatic heterocycles. The van der Waals surface area contributed by atoms with E-state index in [1.54, 1.807) is 13.2 Å². The SMILES string of the molecule is CNC(c1ccc(Br)o1)c1cc(Cl)cc(Br)c1OC. The summed E-state index contributed by atoms with van der Waals surface area (Å²) in [6.07, 6.45) is 0. The lowest BCUT2D eigenvalue weighted by Gasteiger charge is -2.19. The second-order valence-electron chi connectivity index (χ2n) is 3.87. The van der Waals surface area contributed by atoms with Crippen LogP contribution in [0.4, 0.5) is 0 Å². The topological polar surface area (TPSA) is 34.4 Å². The van der Waals surface area contributed by atoms with Gasteiger partial charge in [0.2, 0.25) is 0 Å². The molecule has 1 aromatic heterocycles. The number of halogens is 3. The van der Waals surface area contributed by atoms with Gasteiger partial charge in [0.1, 0.15) is 11.5 Å². The molecule has 0 fully saturated rings. The first-order valence-corrected chi connectivity index (χ1v) is 7.48. The maximum absolute atomic E-state index is 6.12. The minimum Gasteiger partial charge on any atom is -0.495 e. The Labute approximate surface area is 133 Å². The number of benzene rings is 1. The molecule has 6 heteroatoms. The summed E-state index contributed by atoms with van der Waals surface area (Å²) < 4.78 is 12.5. The molecule has 1 N–H and O–H groups in total. The van der Waals surface area contributed by atoms with Crippen molar-refractivity contribution < 1.29 is 9.15 Å². The first kappa shape index (κ1) is 14.9. The molecule has 1 aromatic carbocycles. The summed E-state index contributed by atoms with van der Waals surface area (Å²) in [5.74, 6) is 1.51. The van der Waals surface area contributed by atoms with Crippen molar-refractivity contribution in [2.24, 2.45) is 0 Å². The van der Waals surface area contributed by atoms with E-state index in [9.17, 15) is 0 Å². The fraction of sp³-hybridized carbons (Fsp3) is 0.231. The van der Waals surface area contributed by atoms with Crippen molar-refractivity contribution >= 4 is 43.5 Å². The standard InChI is InChI=1S/C13H12Br2ClNO2/c1-17-12(10-3-4-11(15)19-10)8-5-7(16)6-9(14)13(8)18-2/h3-6,12,17H,1-2H3. The maximum Gasteiger partial charge on any atom is 0.169 e. The Morgan fingerprint density at radius 3 is 2.58 bits per heavy atom. The van der Waals surface area contributed by atoms with E-state index in [1.165, 1.54) is 0 Å². The van der Waals surface area contributed by atoms with Gasteiger partial charge in [-0.15, -0.1) is 0 Å². The molecule has 0 amide bonds. The van der Waals surface area contributed by atoms with Crippen molar-refractivity contribution in [3.8, 4) is 5.75 Å². The lowest BCUT2D eigenvalue weighted by Crippen LogP contribution is -2.18. The number of nitrogens with one attached hydrogen (secondary N) is 1.